The highest BCUT2D eigenvalue weighted by molar-refractivity contribution is 5.99. The number of allylic oxidation sites excluding steroid dienone is 1. The molecule has 0 bridgehead atoms. The number of aromatic nitrogens is 4. The highest BCUT2D eigenvalue weighted by atomic mass is 16.5. The number of nitrogens with one attached hydrogen (secondary N) is 1. The van der Waals surface area contributed by atoms with Gasteiger partial charge in [0.25, 0.3) is 0 Å². The predicted molar refractivity (Wildman–Crippen MR) is 142 cm³/mol. The second-order valence-electron chi connectivity index (χ2n) is 9.11. The number of hydrogen-bond acceptors (Lipinski definition) is 5. The molecule has 6 rings (SSSR count). The maximum absolute atomic E-state index is 11.7. The number of imidazole rings is 1. The van der Waals surface area contributed by atoms with E-state index in [1.807, 2.05) is 49.4 Å². The first-order chi connectivity index (χ1) is 18.1. The summed E-state index contributed by atoms with van der Waals surface area (Å²) >= 11 is 0. The fraction of sp³-hybridized carbons (Fsp3) is 0.167. The third-order valence-electron chi connectivity index (χ3n) is 6.75. The molecule has 0 radical (unpaired) electrons. The van der Waals surface area contributed by atoms with Crippen LogP contribution in [0.4, 0.5) is 0 Å². The van der Waals surface area contributed by atoms with Crippen LogP contribution < -0.4 is 10.5 Å². The number of aromatic amines is 1. The van der Waals surface area contributed by atoms with E-state index in [9.17, 15) is 4.79 Å². The number of para-hydroxylation sites is 1. The SMILES string of the molecule is CCc1nc(-c2ccccc2)cn1Cc1ccc2c(c1)COc1ccccc1/C2=C(\C)c1noc(=O)[nH]1. The van der Waals surface area contributed by atoms with Crippen LogP contribution in [-0.2, 0) is 19.6 Å². The Hall–Kier alpha value is -4.65. The zero-order chi connectivity index (χ0) is 25.4. The van der Waals surface area contributed by atoms with Gasteiger partial charge in [-0.2, -0.15) is 0 Å². The van der Waals surface area contributed by atoms with E-state index in [1.165, 1.54) is 0 Å². The van der Waals surface area contributed by atoms with E-state index in [4.69, 9.17) is 14.2 Å². The highest BCUT2D eigenvalue weighted by Gasteiger charge is 2.23. The van der Waals surface area contributed by atoms with E-state index < -0.39 is 5.76 Å². The normalized spacial score (nSPS) is 13.9. The molecule has 7 heteroatoms. The summed E-state index contributed by atoms with van der Waals surface area (Å²) in [5.41, 5.74) is 8.08. The molecule has 0 aliphatic carbocycles. The second-order valence-corrected chi connectivity index (χ2v) is 9.11. The quantitative estimate of drug-likeness (QED) is 0.341. The van der Waals surface area contributed by atoms with E-state index in [2.05, 4.69) is 58.2 Å². The van der Waals surface area contributed by atoms with Gasteiger partial charge in [0.1, 0.15) is 18.2 Å². The molecular formula is C30H26N4O3. The summed E-state index contributed by atoms with van der Waals surface area (Å²) in [5, 5.41) is 3.94. The van der Waals surface area contributed by atoms with E-state index >= 15 is 0 Å². The first-order valence-corrected chi connectivity index (χ1v) is 12.3. The predicted octanol–water partition coefficient (Wildman–Crippen LogP) is 5.71. The van der Waals surface area contributed by atoms with Crippen molar-refractivity contribution >= 4 is 11.1 Å². The smallest absolute Gasteiger partial charge is 0.439 e. The summed E-state index contributed by atoms with van der Waals surface area (Å²) in [4.78, 5) is 19.2. The van der Waals surface area contributed by atoms with Gasteiger partial charge >= 0.3 is 5.76 Å². The van der Waals surface area contributed by atoms with E-state index in [1.54, 1.807) is 0 Å². The first-order valence-electron chi connectivity index (χ1n) is 12.3. The van der Waals surface area contributed by atoms with Crippen molar-refractivity contribution in [2.75, 3.05) is 0 Å². The van der Waals surface area contributed by atoms with Crippen molar-refractivity contribution in [1.29, 1.82) is 0 Å². The molecule has 0 atom stereocenters. The van der Waals surface area contributed by atoms with Gasteiger partial charge in [-0.05, 0) is 41.3 Å². The minimum atomic E-state index is -0.578. The Bertz CT molecular complexity index is 1670. The number of aryl methyl sites for hydroxylation is 1. The van der Waals surface area contributed by atoms with Gasteiger partial charge < -0.3 is 9.30 Å². The molecule has 0 unspecified atom stereocenters. The molecule has 1 aliphatic rings. The molecular weight excluding hydrogens is 464 g/mol. The Labute approximate surface area is 214 Å². The molecule has 0 spiro atoms. The Morgan fingerprint density at radius 1 is 1.03 bits per heavy atom. The van der Waals surface area contributed by atoms with Crippen LogP contribution in [0.1, 0.15) is 47.8 Å². The Kier molecular flexibility index (Phi) is 5.81. The number of fused-ring (bicyclic) bond motifs is 2. The fourth-order valence-electron chi connectivity index (χ4n) is 4.94. The van der Waals surface area contributed by atoms with Gasteiger partial charge in [0, 0.05) is 35.9 Å². The lowest BCUT2D eigenvalue weighted by Gasteiger charge is -2.14. The Morgan fingerprint density at radius 2 is 1.84 bits per heavy atom. The molecule has 184 valence electrons. The van der Waals surface area contributed by atoms with E-state index in [-0.39, 0.29) is 0 Å². The second kappa shape index (κ2) is 9.43. The number of benzene rings is 3. The molecule has 1 aliphatic heterocycles. The lowest BCUT2D eigenvalue weighted by atomic mass is 9.89. The lowest BCUT2D eigenvalue weighted by Crippen LogP contribution is -2.05. The Balaban J connectivity index is 1.42. The molecule has 1 N–H and O–H groups in total. The molecule has 0 fully saturated rings. The molecule has 0 saturated heterocycles. The largest absolute Gasteiger partial charge is 0.488 e. The van der Waals surface area contributed by atoms with Crippen molar-refractivity contribution in [3.8, 4) is 17.0 Å². The maximum Gasteiger partial charge on any atom is 0.439 e. The minimum absolute atomic E-state index is 0.408. The molecule has 2 aromatic heterocycles. The van der Waals surface area contributed by atoms with Crippen LogP contribution >= 0.6 is 0 Å². The molecule has 3 aromatic carbocycles. The van der Waals surface area contributed by atoms with Gasteiger partial charge in [-0.3, -0.25) is 9.51 Å². The number of nitrogens with zero attached hydrogens (tertiary/aromatic N) is 3. The highest BCUT2D eigenvalue weighted by Crippen LogP contribution is 2.40. The monoisotopic (exact) mass is 490 g/mol. The zero-order valence-corrected chi connectivity index (χ0v) is 20.7. The minimum Gasteiger partial charge on any atom is -0.488 e. The van der Waals surface area contributed by atoms with Crippen molar-refractivity contribution in [3.05, 3.63) is 123 Å². The van der Waals surface area contributed by atoms with Gasteiger partial charge in [-0.25, -0.2) is 9.78 Å². The van der Waals surface area contributed by atoms with E-state index in [0.29, 0.717) is 19.0 Å². The summed E-state index contributed by atoms with van der Waals surface area (Å²) in [6.45, 7) is 5.21. The van der Waals surface area contributed by atoms with Crippen molar-refractivity contribution in [2.45, 2.75) is 33.4 Å². The van der Waals surface area contributed by atoms with Crippen LogP contribution in [0, 0.1) is 0 Å². The number of hydrogen-bond donors (Lipinski definition) is 1. The van der Waals surface area contributed by atoms with Gasteiger partial charge in [-0.15, -0.1) is 0 Å². The van der Waals surface area contributed by atoms with Gasteiger partial charge in [-0.1, -0.05) is 72.7 Å². The zero-order valence-electron chi connectivity index (χ0n) is 20.7. The topological polar surface area (TPSA) is 85.9 Å². The molecule has 0 saturated carbocycles. The van der Waals surface area contributed by atoms with E-state index in [0.717, 1.165) is 62.7 Å². The summed E-state index contributed by atoms with van der Waals surface area (Å²) in [5.74, 6) is 1.66. The van der Waals surface area contributed by atoms with Gasteiger partial charge in [0.2, 0.25) is 0 Å². The third kappa shape index (κ3) is 4.29. The number of ether oxygens (including phenoxy) is 1. The van der Waals surface area contributed by atoms with Crippen LogP contribution in [0.15, 0.2) is 88.3 Å². The standard InChI is InChI=1S/C30H26N4O3/c1-3-27-31-25(21-9-5-4-6-10-21)17-34(27)16-20-13-14-23-22(15-20)18-36-26-12-8-7-11-24(26)28(23)19(2)29-32-30(35)37-33-29/h4-15,17H,3,16,18H2,1-2H3,(H,32,33,35)/b28-19+. The molecule has 37 heavy (non-hydrogen) atoms. The summed E-state index contributed by atoms with van der Waals surface area (Å²) < 4.78 is 13.2. The van der Waals surface area contributed by atoms with Gasteiger partial charge in [0.05, 0.1) is 5.69 Å². The lowest BCUT2D eigenvalue weighted by molar-refractivity contribution is 0.307. The molecule has 3 heterocycles. The summed E-state index contributed by atoms with van der Waals surface area (Å²) in [7, 11) is 0. The average molecular weight is 491 g/mol. The fourth-order valence-corrected chi connectivity index (χ4v) is 4.94. The third-order valence-corrected chi connectivity index (χ3v) is 6.75. The number of rotatable bonds is 5. The maximum atomic E-state index is 11.7. The average Bonchev–Trinajstić information content (AvgIpc) is 3.51. The van der Waals surface area contributed by atoms with Crippen molar-refractivity contribution in [2.24, 2.45) is 0 Å². The van der Waals surface area contributed by atoms with Crippen LogP contribution in [0.5, 0.6) is 5.75 Å². The number of H-pyrrole nitrogens is 1. The summed E-state index contributed by atoms with van der Waals surface area (Å²) in [6, 6.07) is 24.7. The van der Waals surface area contributed by atoms with Crippen LogP contribution in [0.25, 0.3) is 22.4 Å². The molecule has 7 nitrogen and oxygen atoms in total. The van der Waals surface area contributed by atoms with Gasteiger partial charge in [0.15, 0.2) is 5.82 Å². The molecule has 5 aromatic rings. The van der Waals surface area contributed by atoms with Crippen molar-refractivity contribution in [3.63, 3.8) is 0 Å². The van der Waals surface area contributed by atoms with Crippen molar-refractivity contribution < 1.29 is 9.26 Å². The van der Waals surface area contributed by atoms with Crippen molar-refractivity contribution in [1.82, 2.24) is 19.7 Å². The Morgan fingerprint density at radius 3 is 2.62 bits per heavy atom. The molecule has 0 amide bonds. The first kappa shape index (κ1) is 22.8. The van der Waals surface area contributed by atoms with Crippen LogP contribution in [0.2, 0.25) is 0 Å². The van der Waals surface area contributed by atoms with Crippen LogP contribution in [-0.4, -0.2) is 19.7 Å². The van der Waals surface area contributed by atoms with Crippen LogP contribution in [0.3, 0.4) is 0 Å². The summed E-state index contributed by atoms with van der Waals surface area (Å²) in [6.07, 6.45) is 2.97.